The monoisotopic (exact) mass is 542 g/mol. The number of allylic oxidation sites excluding steroid dienone is 2. The Bertz CT molecular complexity index is 810. The fraction of sp³-hybridized carbons (Fsp3) is 0.200. The maximum atomic E-state index is 3.53. The van der Waals surface area contributed by atoms with Crippen molar-refractivity contribution in [2.24, 2.45) is 0 Å². The molecule has 2 aromatic rings. The maximum absolute atomic E-state index is 3.53. The molecule has 2 heterocycles. The summed E-state index contributed by atoms with van der Waals surface area (Å²) in [6, 6.07) is 17.4. The van der Waals surface area contributed by atoms with E-state index in [4.69, 9.17) is 0 Å². The zero-order valence-corrected chi connectivity index (χ0v) is 20.6. The topological polar surface area (TPSA) is 0 Å². The second-order valence-electron chi connectivity index (χ2n) is 5.99. The number of rotatable bonds is 3. The van der Waals surface area contributed by atoms with Crippen LogP contribution in [0.2, 0.25) is 0 Å². The summed E-state index contributed by atoms with van der Waals surface area (Å²) in [4.78, 5) is 5.75. The Labute approximate surface area is 188 Å². The summed E-state index contributed by atoms with van der Waals surface area (Å²) in [6.45, 7) is 4.52. The van der Waals surface area contributed by atoms with Gasteiger partial charge in [0.1, 0.15) is 0 Å². The maximum Gasteiger partial charge on any atom is 0.0811 e. The van der Waals surface area contributed by atoms with Crippen molar-refractivity contribution in [2.45, 2.75) is 23.0 Å². The van der Waals surface area contributed by atoms with Gasteiger partial charge >= 0.3 is 0 Å². The molecule has 2 atom stereocenters. The van der Waals surface area contributed by atoms with Gasteiger partial charge in [0, 0.05) is 18.8 Å². The van der Waals surface area contributed by atoms with Crippen LogP contribution in [0.15, 0.2) is 67.3 Å². The largest absolute Gasteiger partial charge is 0.113 e. The SMILES string of the molecule is CC1=C(c2ccc(Br)cc2)SC(C2SC(C)=C(c3ccc(Br)cc3)S2)S1. The van der Waals surface area contributed by atoms with Gasteiger partial charge < -0.3 is 0 Å². The van der Waals surface area contributed by atoms with Crippen molar-refractivity contribution in [1.29, 1.82) is 0 Å². The fourth-order valence-electron chi connectivity index (χ4n) is 2.87. The van der Waals surface area contributed by atoms with E-state index in [2.05, 4.69) is 94.2 Å². The molecule has 2 unspecified atom stereocenters. The molecular formula is C20H16Br2S4. The smallest absolute Gasteiger partial charge is 0.0811 e. The molecule has 0 N–H and O–H groups in total. The lowest BCUT2D eigenvalue weighted by molar-refractivity contribution is 1.38. The summed E-state index contributed by atoms with van der Waals surface area (Å²) < 4.78 is 3.36. The summed E-state index contributed by atoms with van der Waals surface area (Å²) in [5.41, 5.74) is 2.66. The van der Waals surface area contributed by atoms with Gasteiger partial charge in [-0.25, -0.2) is 0 Å². The molecule has 6 heteroatoms. The fourth-order valence-corrected chi connectivity index (χ4v) is 10.1. The molecule has 2 aliphatic rings. The summed E-state index contributed by atoms with van der Waals surface area (Å²) in [5.74, 6) is 0. The summed E-state index contributed by atoms with van der Waals surface area (Å²) in [5, 5.41) is 0. The lowest BCUT2D eigenvalue weighted by Gasteiger charge is -2.16. The molecular weight excluding hydrogens is 528 g/mol. The van der Waals surface area contributed by atoms with Crippen LogP contribution in [0.1, 0.15) is 25.0 Å². The zero-order chi connectivity index (χ0) is 18.3. The minimum Gasteiger partial charge on any atom is -0.113 e. The first kappa shape index (κ1) is 19.6. The van der Waals surface area contributed by atoms with Crippen LogP contribution >= 0.6 is 78.9 Å². The van der Waals surface area contributed by atoms with Crippen molar-refractivity contribution < 1.29 is 0 Å². The van der Waals surface area contributed by atoms with Crippen LogP contribution in [0, 0.1) is 0 Å². The van der Waals surface area contributed by atoms with E-state index >= 15 is 0 Å². The van der Waals surface area contributed by atoms with Gasteiger partial charge in [0.05, 0.1) is 9.16 Å². The number of hydrogen-bond donors (Lipinski definition) is 0. The quantitative estimate of drug-likeness (QED) is 0.378. The Balaban J connectivity index is 1.48. The van der Waals surface area contributed by atoms with Gasteiger partial charge in [-0.3, -0.25) is 0 Å². The zero-order valence-electron chi connectivity index (χ0n) is 14.2. The summed E-state index contributed by atoms with van der Waals surface area (Å²) in [7, 11) is 0. The highest BCUT2D eigenvalue weighted by Gasteiger charge is 2.36. The Morgan fingerprint density at radius 1 is 0.577 bits per heavy atom. The van der Waals surface area contributed by atoms with Crippen LogP contribution in [0.3, 0.4) is 0 Å². The van der Waals surface area contributed by atoms with Gasteiger partial charge in [-0.15, -0.1) is 47.0 Å². The number of hydrogen-bond acceptors (Lipinski definition) is 4. The molecule has 0 spiro atoms. The molecule has 26 heavy (non-hydrogen) atoms. The average molecular weight is 544 g/mol. The second kappa shape index (κ2) is 8.34. The third kappa shape index (κ3) is 4.15. The molecule has 2 aromatic carbocycles. The van der Waals surface area contributed by atoms with Crippen LogP contribution in [0.4, 0.5) is 0 Å². The van der Waals surface area contributed by atoms with Gasteiger partial charge in [-0.05, 0) is 59.1 Å². The van der Waals surface area contributed by atoms with E-state index in [1.54, 1.807) is 0 Å². The van der Waals surface area contributed by atoms with E-state index in [9.17, 15) is 0 Å². The van der Waals surface area contributed by atoms with Crippen molar-refractivity contribution >= 4 is 88.7 Å². The second-order valence-corrected chi connectivity index (χ2v) is 13.4. The molecule has 4 rings (SSSR count). The number of thioether (sulfide) groups is 4. The minimum absolute atomic E-state index is 0.548. The molecule has 0 amide bonds. The van der Waals surface area contributed by atoms with Crippen LogP contribution in [0.25, 0.3) is 9.81 Å². The first-order valence-corrected chi connectivity index (χ1v) is 13.2. The first-order valence-electron chi connectivity index (χ1n) is 8.11. The van der Waals surface area contributed by atoms with Gasteiger partial charge in [0.2, 0.25) is 0 Å². The van der Waals surface area contributed by atoms with Gasteiger partial charge in [-0.1, -0.05) is 56.1 Å². The lowest BCUT2D eigenvalue weighted by atomic mass is 10.2. The normalized spacial score (nSPS) is 23.2. The molecule has 0 nitrogen and oxygen atoms in total. The Hall–Kier alpha value is 0.280. The number of benzene rings is 2. The van der Waals surface area contributed by atoms with E-state index in [0.717, 1.165) is 8.95 Å². The highest BCUT2D eigenvalue weighted by Crippen LogP contribution is 2.61. The predicted octanol–water partition coefficient (Wildman–Crippen LogP) is 8.90. The van der Waals surface area contributed by atoms with Crippen LogP contribution in [0.5, 0.6) is 0 Å². The molecule has 134 valence electrons. The Morgan fingerprint density at radius 3 is 1.27 bits per heavy atom. The Kier molecular flexibility index (Phi) is 6.28. The first-order chi connectivity index (χ1) is 12.5. The molecule has 0 saturated carbocycles. The highest BCUT2D eigenvalue weighted by atomic mass is 79.9. The van der Waals surface area contributed by atoms with E-state index in [1.165, 1.54) is 30.7 Å². The highest BCUT2D eigenvalue weighted by molar-refractivity contribution is 9.10. The van der Waals surface area contributed by atoms with E-state index in [-0.39, 0.29) is 0 Å². The third-order valence-electron chi connectivity index (χ3n) is 4.13. The molecule has 0 radical (unpaired) electrons. The van der Waals surface area contributed by atoms with Gasteiger partial charge in [-0.2, -0.15) is 0 Å². The van der Waals surface area contributed by atoms with Crippen LogP contribution in [-0.4, -0.2) is 9.16 Å². The minimum atomic E-state index is 0.548. The van der Waals surface area contributed by atoms with E-state index in [1.807, 2.05) is 47.0 Å². The Morgan fingerprint density at radius 2 is 0.923 bits per heavy atom. The van der Waals surface area contributed by atoms with Crippen LogP contribution < -0.4 is 0 Å². The number of halogens is 2. The van der Waals surface area contributed by atoms with Crippen molar-refractivity contribution in [2.75, 3.05) is 0 Å². The van der Waals surface area contributed by atoms with Crippen molar-refractivity contribution in [1.82, 2.24) is 0 Å². The van der Waals surface area contributed by atoms with Gasteiger partial charge in [0.25, 0.3) is 0 Å². The summed E-state index contributed by atoms with van der Waals surface area (Å²) >= 11 is 15.2. The molecule has 2 aliphatic heterocycles. The standard InChI is InChI=1S/C20H16Br2S4/c1-11-17(13-3-7-15(21)8-4-13)25-19(23-11)20-24-12(2)18(26-20)14-5-9-16(22)10-6-14/h3-10,19-20H,1-2H3. The molecule has 0 bridgehead atoms. The lowest BCUT2D eigenvalue weighted by Crippen LogP contribution is -2.07. The third-order valence-corrected chi connectivity index (χ3v) is 12.0. The predicted molar refractivity (Wildman–Crippen MR) is 131 cm³/mol. The van der Waals surface area contributed by atoms with E-state index < -0.39 is 0 Å². The molecule has 0 saturated heterocycles. The van der Waals surface area contributed by atoms with Crippen molar-refractivity contribution in [3.05, 3.63) is 78.4 Å². The van der Waals surface area contributed by atoms with Crippen molar-refractivity contribution in [3.8, 4) is 0 Å². The molecule has 0 fully saturated rings. The van der Waals surface area contributed by atoms with E-state index in [0.29, 0.717) is 9.16 Å². The summed E-state index contributed by atoms with van der Waals surface area (Å²) in [6.07, 6.45) is 0. The average Bonchev–Trinajstić information content (AvgIpc) is 3.20. The van der Waals surface area contributed by atoms with Gasteiger partial charge in [0.15, 0.2) is 0 Å². The molecule has 0 aliphatic carbocycles. The molecule has 0 aromatic heterocycles. The van der Waals surface area contributed by atoms with Crippen LogP contribution in [-0.2, 0) is 0 Å². The van der Waals surface area contributed by atoms with Crippen molar-refractivity contribution in [3.63, 3.8) is 0 Å².